The van der Waals surface area contributed by atoms with E-state index < -0.39 is 17.8 Å². The Morgan fingerprint density at radius 3 is 2.78 bits per heavy atom. The molecule has 0 saturated carbocycles. The number of tetrazole rings is 1. The molecule has 1 saturated heterocycles. The predicted octanol–water partition coefficient (Wildman–Crippen LogP) is 1.24. The lowest BCUT2D eigenvalue weighted by Crippen LogP contribution is -2.32. The van der Waals surface area contributed by atoms with Gasteiger partial charge < -0.3 is 15.1 Å². The number of nitrogens with one attached hydrogen (secondary N) is 1. The first-order valence-corrected chi connectivity index (χ1v) is 9.29. The number of aromatic amines is 1. The minimum atomic E-state index is -0.868. The molecule has 0 amide bonds. The van der Waals surface area contributed by atoms with E-state index >= 15 is 0 Å². The van der Waals surface area contributed by atoms with E-state index in [4.69, 9.17) is 0 Å². The van der Waals surface area contributed by atoms with Gasteiger partial charge in [-0.25, -0.2) is 4.98 Å². The number of anilines is 1. The molecule has 3 N–H and O–H groups in total. The smallest absolute Gasteiger partial charge is 0.307 e. The number of carboxylic acid groups (broad SMARTS) is 1. The van der Waals surface area contributed by atoms with Crippen molar-refractivity contribution in [1.82, 2.24) is 25.6 Å². The van der Waals surface area contributed by atoms with Crippen LogP contribution in [-0.2, 0) is 11.2 Å². The highest BCUT2D eigenvalue weighted by Crippen LogP contribution is 2.32. The summed E-state index contributed by atoms with van der Waals surface area (Å²) in [5, 5.41) is 33.3. The van der Waals surface area contributed by atoms with Crippen LogP contribution in [-0.4, -0.2) is 61.0 Å². The number of aliphatic hydroxyl groups is 1. The second-order valence-electron chi connectivity index (χ2n) is 7.39. The fraction of sp³-hybridized carbons (Fsp3) is 0.611. The number of hydrogen-bond acceptors (Lipinski definition) is 7. The van der Waals surface area contributed by atoms with Gasteiger partial charge in [0.2, 0.25) is 0 Å². The van der Waals surface area contributed by atoms with Crippen LogP contribution < -0.4 is 4.90 Å². The first-order chi connectivity index (χ1) is 13.0. The monoisotopic (exact) mass is 374 g/mol. The lowest BCUT2D eigenvalue weighted by molar-refractivity contribution is -0.144. The highest BCUT2D eigenvalue weighted by atomic mass is 16.4. The molecule has 2 aromatic heterocycles. The number of nitrogens with zero attached hydrogens (tertiary/aromatic N) is 5. The van der Waals surface area contributed by atoms with Crippen LogP contribution in [0, 0.1) is 11.8 Å². The second-order valence-corrected chi connectivity index (χ2v) is 7.39. The maximum Gasteiger partial charge on any atom is 0.307 e. The van der Waals surface area contributed by atoms with Gasteiger partial charge in [0.25, 0.3) is 0 Å². The van der Waals surface area contributed by atoms with E-state index in [1.807, 2.05) is 26.0 Å². The van der Waals surface area contributed by atoms with Gasteiger partial charge in [-0.15, -0.1) is 10.2 Å². The summed E-state index contributed by atoms with van der Waals surface area (Å²) >= 11 is 0. The minimum absolute atomic E-state index is 0.0758. The Bertz CT molecular complexity index is 734. The van der Waals surface area contributed by atoms with Crippen LogP contribution in [0.25, 0.3) is 0 Å². The third-order valence-corrected chi connectivity index (χ3v) is 5.28. The number of aliphatic carboxylic acids is 1. The van der Waals surface area contributed by atoms with Gasteiger partial charge >= 0.3 is 5.97 Å². The number of H-pyrrole nitrogens is 1. The van der Waals surface area contributed by atoms with Crippen LogP contribution >= 0.6 is 0 Å². The average molecular weight is 374 g/mol. The number of aromatic nitrogens is 5. The number of carbonyl (C=O) groups is 1. The molecule has 0 aromatic carbocycles. The zero-order valence-corrected chi connectivity index (χ0v) is 15.6. The topological polar surface area (TPSA) is 128 Å². The van der Waals surface area contributed by atoms with Crippen molar-refractivity contribution in [2.45, 2.75) is 45.1 Å². The minimum Gasteiger partial charge on any atom is -0.481 e. The molecule has 0 radical (unpaired) electrons. The van der Waals surface area contributed by atoms with Gasteiger partial charge in [-0.1, -0.05) is 25.1 Å². The van der Waals surface area contributed by atoms with Gasteiger partial charge in [0.1, 0.15) is 5.82 Å². The normalized spacial score (nSPS) is 19.4. The molecule has 1 aliphatic heterocycles. The summed E-state index contributed by atoms with van der Waals surface area (Å²) in [5.41, 5.74) is 0.917. The Hall–Kier alpha value is -2.55. The van der Waals surface area contributed by atoms with Crippen LogP contribution in [0.15, 0.2) is 18.3 Å². The maximum atomic E-state index is 11.8. The van der Waals surface area contributed by atoms with E-state index in [1.165, 1.54) is 0 Å². The van der Waals surface area contributed by atoms with Gasteiger partial charge in [0.15, 0.2) is 5.82 Å². The molecule has 27 heavy (non-hydrogen) atoms. The molecule has 3 rings (SSSR count). The predicted molar refractivity (Wildman–Crippen MR) is 98.3 cm³/mol. The number of pyridine rings is 1. The Balaban J connectivity index is 1.81. The molecule has 1 fully saturated rings. The Kier molecular flexibility index (Phi) is 6.00. The molecule has 3 unspecified atom stereocenters. The summed E-state index contributed by atoms with van der Waals surface area (Å²) < 4.78 is 0. The zero-order valence-electron chi connectivity index (χ0n) is 15.6. The van der Waals surface area contributed by atoms with E-state index in [1.54, 1.807) is 6.20 Å². The number of carboxylic acids is 1. The van der Waals surface area contributed by atoms with E-state index in [0.29, 0.717) is 12.2 Å². The SMILES string of the molecule is CC(C)C(C(=O)O)C(Cc1ccc(N2CCCC2CO)nc1)c1nn[nH]n1. The van der Waals surface area contributed by atoms with Crippen LogP contribution in [0.5, 0.6) is 0 Å². The molecule has 146 valence electrons. The van der Waals surface area contributed by atoms with E-state index in [2.05, 4.69) is 30.5 Å². The molecule has 3 heterocycles. The fourth-order valence-electron chi connectivity index (χ4n) is 3.92. The van der Waals surface area contributed by atoms with Gasteiger partial charge in [-0.3, -0.25) is 4.79 Å². The van der Waals surface area contributed by atoms with Gasteiger partial charge in [-0.05, 0) is 36.8 Å². The molecule has 0 aliphatic carbocycles. The van der Waals surface area contributed by atoms with Crippen molar-refractivity contribution >= 4 is 11.8 Å². The van der Waals surface area contributed by atoms with Crippen LogP contribution in [0.1, 0.15) is 44.0 Å². The van der Waals surface area contributed by atoms with Crippen LogP contribution in [0.3, 0.4) is 0 Å². The first kappa shape index (κ1) is 19.2. The molecule has 0 spiro atoms. The average Bonchev–Trinajstić information content (AvgIpc) is 3.32. The lowest BCUT2D eigenvalue weighted by Gasteiger charge is -2.26. The summed E-state index contributed by atoms with van der Waals surface area (Å²) in [5.74, 6) is -0.726. The Morgan fingerprint density at radius 1 is 1.41 bits per heavy atom. The van der Waals surface area contributed by atoms with Crippen molar-refractivity contribution in [3.63, 3.8) is 0 Å². The van der Waals surface area contributed by atoms with Gasteiger partial charge in [0, 0.05) is 18.7 Å². The summed E-state index contributed by atoms with van der Waals surface area (Å²) in [6.45, 7) is 4.78. The largest absolute Gasteiger partial charge is 0.481 e. The number of rotatable bonds is 8. The standard InChI is InChI=1S/C18H26N6O3/c1-11(2)16(18(26)27)14(17-20-22-23-21-17)8-12-5-6-15(19-9-12)24-7-3-4-13(24)10-25/h5-6,9,11,13-14,16,25H,3-4,7-8,10H2,1-2H3,(H,26,27)(H,20,21,22,23). The van der Waals surface area contributed by atoms with Crippen molar-refractivity contribution in [2.24, 2.45) is 11.8 Å². The molecular weight excluding hydrogens is 348 g/mol. The van der Waals surface area contributed by atoms with E-state index in [9.17, 15) is 15.0 Å². The molecule has 9 nitrogen and oxygen atoms in total. The Labute approximate surface area is 157 Å². The molecule has 3 atom stereocenters. The quantitative estimate of drug-likeness (QED) is 0.629. The van der Waals surface area contributed by atoms with Crippen molar-refractivity contribution in [2.75, 3.05) is 18.1 Å². The third-order valence-electron chi connectivity index (χ3n) is 5.28. The Morgan fingerprint density at radius 2 is 2.22 bits per heavy atom. The zero-order chi connectivity index (χ0) is 19.4. The highest BCUT2D eigenvalue weighted by molar-refractivity contribution is 5.71. The summed E-state index contributed by atoms with van der Waals surface area (Å²) in [6, 6.07) is 4.01. The van der Waals surface area contributed by atoms with Crippen molar-refractivity contribution in [3.05, 3.63) is 29.7 Å². The molecular formula is C18H26N6O3. The van der Waals surface area contributed by atoms with Crippen molar-refractivity contribution < 1.29 is 15.0 Å². The summed E-state index contributed by atoms with van der Waals surface area (Å²) in [6.07, 6.45) is 4.25. The van der Waals surface area contributed by atoms with Crippen molar-refractivity contribution in [3.8, 4) is 0 Å². The van der Waals surface area contributed by atoms with Gasteiger partial charge in [-0.2, -0.15) is 5.21 Å². The molecule has 2 aromatic rings. The molecule has 1 aliphatic rings. The van der Waals surface area contributed by atoms with E-state index in [0.717, 1.165) is 30.8 Å². The first-order valence-electron chi connectivity index (χ1n) is 9.29. The van der Waals surface area contributed by atoms with Crippen LogP contribution in [0.4, 0.5) is 5.82 Å². The van der Waals surface area contributed by atoms with Gasteiger partial charge in [0.05, 0.1) is 18.6 Å². The van der Waals surface area contributed by atoms with Crippen LogP contribution in [0.2, 0.25) is 0 Å². The lowest BCUT2D eigenvalue weighted by atomic mass is 9.79. The highest BCUT2D eigenvalue weighted by Gasteiger charge is 2.35. The molecule has 0 bridgehead atoms. The fourth-order valence-corrected chi connectivity index (χ4v) is 3.92. The summed E-state index contributed by atoms with van der Waals surface area (Å²) in [4.78, 5) is 18.5. The maximum absolute atomic E-state index is 11.8. The number of hydrogen-bond donors (Lipinski definition) is 3. The van der Waals surface area contributed by atoms with E-state index in [-0.39, 0.29) is 18.6 Å². The molecule has 9 heteroatoms. The second kappa shape index (κ2) is 8.43. The van der Waals surface area contributed by atoms with Crippen molar-refractivity contribution in [1.29, 1.82) is 0 Å². The number of aliphatic hydroxyl groups excluding tert-OH is 1. The summed E-state index contributed by atoms with van der Waals surface area (Å²) in [7, 11) is 0. The third kappa shape index (κ3) is 4.24.